The SMILES string of the molecule is CC1CC=C[C@H](O)C1C=N. The Hall–Kier alpha value is -0.630. The molecule has 0 aromatic heterocycles. The molecule has 2 heteroatoms. The van der Waals surface area contributed by atoms with Gasteiger partial charge >= 0.3 is 0 Å². The van der Waals surface area contributed by atoms with Crippen LogP contribution >= 0.6 is 0 Å². The molecular formula is C8H13NO. The van der Waals surface area contributed by atoms with Gasteiger partial charge in [-0.2, -0.15) is 0 Å². The first-order valence-corrected chi connectivity index (χ1v) is 3.61. The van der Waals surface area contributed by atoms with Gasteiger partial charge in [-0.05, 0) is 12.3 Å². The predicted octanol–water partition coefficient (Wildman–Crippen LogP) is 1.21. The average molecular weight is 139 g/mol. The van der Waals surface area contributed by atoms with Crippen molar-refractivity contribution in [3.63, 3.8) is 0 Å². The van der Waals surface area contributed by atoms with E-state index in [0.717, 1.165) is 6.42 Å². The van der Waals surface area contributed by atoms with Crippen LogP contribution in [0.5, 0.6) is 0 Å². The number of rotatable bonds is 1. The first-order valence-electron chi connectivity index (χ1n) is 3.61. The lowest BCUT2D eigenvalue weighted by Crippen LogP contribution is -2.28. The Labute approximate surface area is 61.1 Å². The molecule has 1 aliphatic rings. The van der Waals surface area contributed by atoms with Crippen LogP contribution in [0, 0.1) is 17.2 Å². The van der Waals surface area contributed by atoms with Crippen molar-refractivity contribution < 1.29 is 5.11 Å². The van der Waals surface area contributed by atoms with Gasteiger partial charge in [0.05, 0.1) is 6.10 Å². The van der Waals surface area contributed by atoms with Crippen LogP contribution in [0.2, 0.25) is 0 Å². The van der Waals surface area contributed by atoms with Crippen LogP contribution in [0.3, 0.4) is 0 Å². The molecule has 0 saturated heterocycles. The molecule has 0 saturated carbocycles. The van der Waals surface area contributed by atoms with Crippen molar-refractivity contribution in [1.82, 2.24) is 0 Å². The summed E-state index contributed by atoms with van der Waals surface area (Å²) in [7, 11) is 0. The van der Waals surface area contributed by atoms with E-state index in [-0.39, 0.29) is 5.92 Å². The molecule has 1 aliphatic carbocycles. The Morgan fingerprint density at radius 3 is 2.80 bits per heavy atom. The molecule has 0 spiro atoms. The van der Waals surface area contributed by atoms with E-state index in [1.54, 1.807) is 6.08 Å². The highest BCUT2D eigenvalue weighted by Crippen LogP contribution is 2.23. The fourth-order valence-corrected chi connectivity index (χ4v) is 1.32. The minimum absolute atomic E-state index is 0.0324. The molecule has 2 unspecified atom stereocenters. The fraction of sp³-hybridized carbons (Fsp3) is 0.625. The number of hydrogen-bond donors (Lipinski definition) is 2. The van der Waals surface area contributed by atoms with E-state index in [1.807, 2.05) is 6.08 Å². The molecule has 0 bridgehead atoms. The zero-order valence-electron chi connectivity index (χ0n) is 6.12. The summed E-state index contributed by atoms with van der Waals surface area (Å²) in [4.78, 5) is 0. The summed E-state index contributed by atoms with van der Waals surface area (Å²) in [5, 5.41) is 16.3. The van der Waals surface area contributed by atoms with Crippen molar-refractivity contribution in [3.8, 4) is 0 Å². The van der Waals surface area contributed by atoms with Gasteiger partial charge in [0, 0.05) is 12.1 Å². The van der Waals surface area contributed by atoms with Crippen molar-refractivity contribution in [2.24, 2.45) is 11.8 Å². The zero-order valence-corrected chi connectivity index (χ0v) is 6.12. The van der Waals surface area contributed by atoms with E-state index < -0.39 is 6.10 Å². The predicted molar refractivity (Wildman–Crippen MR) is 41.2 cm³/mol. The van der Waals surface area contributed by atoms with Gasteiger partial charge in [-0.25, -0.2) is 0 Å². The summed E-state index contributed by atoms with van der Waals surface area (Å²) in [5.41, 5.74) is 0. The largest absolute Gasteiger partial charge is 0.388 e. The first-order chi connectivity index (χ1) is 4.75. The van der Waals surface area contributed by atoms with Crippen LogP contribution in [0.15, 0.2) is 12.2 Å². The van der Waals surface area contributed by atoms with Crippen molar-refractivity contribution in [2.75, 3.05) is 0 Å². The van der Waals surface area contributed by atoms with Crippen LogP contribution in [0.4, 0.5) is 0 Å². The Kier molecular flexibility index (Phi) is 2.22. The molecule has 0 aromatic carbocycles. The maximum atomic E-state index is 9.30. The smallest absolute Gasteiger partial charge is 0.0800 e. The van der Waals surface area contributed by atoms with Gasteiger partial charge in [-0.3, -0.25) is 0 Å². The summed E-state index contributed by atoms with van der Waals surface area (Å²) >= 11 is 0. The molecule has 0 aromatic rings. The fourth-order valence-electron chi connectivity index (χ4n) is 1.32. The van der Waals surface area contributed by atoms with E-state index >= 15 is 0 Å². The molecule has 2 nitrogen and oxygen atoms in total. The number of hydrogen-bond acceptors (Lipinski definition) is 2. The highest BCUT2D eigenvalue weighted by molar-refractivity contribution is 5.59. The molecule has 2 N–H and O–H groups in total. The highest BCUT2D eigenvalue weighted by Gasteiger charge is 2.23. The second-order valence-corrected chi connectivity index (χ2v) is 2.88. The third kappa shape index (κ3) is 1.27. The zero-order chi connectivity index (χ0) is 7.56. The van der Waals surface area contributed by atoms with Crippen LogP contribution in [-0.4, -0.2) is 17.4 Å². The molecule has 1 rings (SSSR count). The van der Waals surface area contributed by atoms with Crippen LogP contribution in [-0.2, 0) is 0 Å². The Morgan fingerprint density at radius 1 is 1.70 bits per heavy atom. The monoisotopic (exact) mass is 139 g/mol. The Morgan fingerprint density at radius 2 is 2.40 bits per heavy atom. The summed E-state index contributed by atoms with van der Waals surface area (Å²) in [6, 6.07) is 0. The normalized spacial score (nSPS) is 39.6. The van der Waals surface area contributed by atoms with Crippen molar-refractivity contribution in [1.29, 1.82) is 5.41 Å². The lowest BCUT2D eigenvalue weighted by atomic mass is 9.83. The van der Waals surface area contributed by atoms with E-state index in [4.69, 9.17) is 5.41 Å². The third-order valence-electron chi connectivity index (χ3n) is 2.08. The minimum Gasteiger partial charge on any atom is -0.388 e. The third-order valence-corrected chi connectivity index (χ3v) is 2.08. The number of nitrogens with one attached hydrogen (secondary N) is 1. The molecule has 0 heterocycles. The molecule has 10 heavy (non-hydrogen) atoms. The van der Waals surface area contributed by atoms with Gasteiger partial charge in [-0.15, -0.1) is 0 Å². The lowest BCUT2D eigenvalue weighted by molar-refractivity contribution is 0.150. The Balaban J connectivity index is 2.67. The molecule has 0 radical (unpaired) electrons. The number of allylic oxidation sites excluding steroid dienone is 1. The topological polar surface area (TPSA) is 44.1 Å². The second-order valence-electron chi connectivity index (χ2n) is 2.88. The van der Waals surface area contributed by atoms with E-state index in [2.05, 4.69) is 6.92 Å². The van der Waals surface area contributed by atoms with E-state index in [1.165, 1.54) is 6.21 Å². The summed E-state index contributed by atoms with van der Waals surface area (Å²) in [6.07, 6.45) is 5.65. The molecular weight excluding hydrogens is 126 g/mol. The Bertz CT molecular complexity index is 153. The summed E-state index contributed by atoms with van der Waals surface area (Å²) in [5.74, 6) is 0.447. The second kappa shape index (κ2) is 2.97. The van der Waals surface area contributed by atoms with Gasteiger partial charge in [0.25, 0.3) is 0 Å². The van der Waals surface area contributed by atoms with E-state index in [9.17, 15) is 5.11 Å². The van der Waals surface area contributed by atoms with Crippen molar-refractivity contribution >= 4 is 6.21 Å². The van der Waals surface area contributed by atoms with Crippen LogP contribution in [0.25, 0.3) is 0 Å². The first kappa shape index (κ1) is 7.48. The van der Waals surface area contributed by atoms with Crippen molar-refractivity contribution in [2.45, 2.75) is 19.4 Å². The molecule has 56 valence electrons. The molecule has 0 aliphatic heterocycles. The summed E-state index contributed by atoms with van der Waals surface area (Å²) < 4.78 is 0. The van der Waals surface area contributed by atoms with Gasteiger partial charge in [-0.1, -0.05) is 19.1 Å². The molecule has 0 fully saturated rings. The van der Waals surface area contributed by atoms with Gasteiger partial charge in [0.2, 0.25) is 0 Å². The van der Waals surface area contributed by atoms with Crippen LogP contribution < -0.4 is 0 Å². The van der Waals surface area contributed by atoms with Gasteiger partial charge in [0.1, 0.15) is 0 Å². The maximum Gasteiger partial charge on any atom is 0.0800 e. The lowest BCUT2D eigenvalue weighted by Gasteiger charge is -2.25. The molecule has 3 atom stereocenters. The van der Waals surface area contributed by atoms with E-state index in [0.29, 0.717) is 5.92 Å². The number of aliphatic hydroxyl groups is 1. The standard InChI is InChI=1S/C8H13NO/c1-6-3-2-4-8(10)7(6)5-9/h2,4-10H,3H2,1H3/t6?,7?,8-/m0/s1. The average Bonchev–Trinajstić information content (AvgIpc) is 1.88. The van der Waals surface area contributed by atoms with Gasteiger partial charge in [0.15, 0.2) is 0 Å². The quantitative estimate of drug-likeness (QED) is 0.416. The summed E-state index contributed by atoms with van der Waals surface area (Å²) in [6.45, 7) is 2.06. The number of aliphatic hydroxyl groups excluding tert-OH is 1. The van der Waals surface area contributed by atoms with Crippen molar-refractivity contribution in [3.05, 3.63) is 12.2 Å². The maximum absolute atomic E-state index is 9.30. The minimum atomic E-state index is -0.429. The highest BCUT2D eigenvalue weighted by atomic mass is 16.3. The van der Waals surface area contributed by atoms with Gasteiger partial charge < -0.3 is 10.5 Å². The van der Waals surface area contributed by atoms with Crippen LogP contribution in [0.1, 0.15) is 13.3 Å². The molecule has 0 amide bonds.